The lowest BCUT2D eigenvalue weighted by Gasteiger charge is -2.32. The van der Waals surface area contributed by atoms with Crippen LogP contribution in [0.3, 0.4) is 0 Å². The number of hydrogen-bond acceptors (Lipinski definition) is 4. The van der Waals surface area contributed by atoms with Crippen LogP contribution in [0.1, 0.15) is 31.9 Å². The van der Waals surface area contributed by atoms with E-state index in [4.69, 9.17) is 11.6 Å². The second-order valence-electron chi connectivity index (χ2n) is 9.90. The van der Waals surface area contributed by atoms with E-state index in [2.05, 4.69) is 5.32 Å². The van der Waals surface area contributed by atoms with Gasteiger partial charge in [-0.05, 0) is 61.6 Å². The van der Waals surface area contributed by atoms with Gasteiger partial charge < -0.3 is 10.2 Å². The number of nitrogens with one attached hydrogen (secondary N) is 1. The topological polar surface area (TPSA) is 86.8 Å². The fourth-order valence-corrected chi connectivity index (χ4v) is 5.61. The Bertz CT molecular complexity index is 1370. The Morgan fingerprint density at radius 1 is 0.923 bits per heavy atom. The minimum absolute atomic E-state index is 0.0491. The van der Waals surface area contributed by atoms with Crippen LogP contribution >= 0.6 is 11.6 Å². The van der Waals surface area contributed by atoms with E-state index in [-0.39, 0.29) is 29.0 Å². The third kappa shape index (κ3) is 8.07. The van der Waals surface area contributed by atoms with Crippen molar-refractivity contribution in [1.29, 1.82) is 0 Å². The molecule has 0 radical (unpaired) electrons. The van der Waals surface area contributed by atoms with Gasteiger partial charge in [-0.1, -0.05) is 80.0 Å². The van der Waals surface area contributed by atoms with Crippen molar-refractivity contribution in [2.45, 2.75) is 45.1 Å². The number of halogens is 1. The van der Waals surface area contributed by atoms with E-state index < -0.39 is 28.5 Å². The molecule has 2 amide bonds. The molecule has 0 unspecified atom stereocenters. The second-order valence-corrected chi connectivity index (χ2v) is 12.2. The summed E-state index contributed by atoms with van der Waals surface area (Å²) in [7, 11) is -4.12. The van der Waals surface area contributed by atoms with Crippen molar-refractivity contribution in [3.8, 4) is 0 Å². The number of anilines is 1. The molecule has 208 valence electrons. The summed E-state index contributed by atoms with van der Waals surface area (Å²) >= 11 is 6.35. The average molecular weight is 570 g/mol. The monoisotopic (exact) mass is 569 g/mol. The Morgan fingerprint density at radius 3 is 2.13 bits per heavy atom. The highest BCUT2D eigenvalue weighted by Gasteiger charge is 2.32. The van der Waals surface area contributed by atoms with Crippen molar-refractivity contribution in [3.63, 3.8) is 0 Å². The van der Waals surface area contributed by atoms with Crippen molar-refractivity contribution < 1.29 is 18.0 Å². The maximum atomic E-state index is 13.9. The molecular formula is C30H36ClN3O4S. The summed E-state index contributed by atoms with van der Waals surface area (Å²) < 4.78 is 28.6. The van der Waals surface area contributed by atoms with Crippen molar-refractivity contribution in [3.05, 3.63) is 95.0 Å². The second kappa shape index (κ2) is 13.6. The quantitative estimate of drug-likeness (QED) is 0.330. The Balaban J connectivity index is 1.97. The number of sulfonamides is 1. The zero-order chi connectivity index (χ0) is 28.6. The SMILES string of the molecule is Cc1ccc(N(CC(=O)N(CCc2ccccc2)[C@H](C)C(=O)NCC(C)C)S(=O)(=O)c2ccccc2)cc1Cl. The molecule has 3 aromatic rings. The summed E-state index contributed by atoms with van der Waals surface area (Å²) in [5, 5.41) is 3.27. The first-order valence-electron chi connectivity index (χ1n) is 13.0. The highest BCUT2D eigenvalue weighted by molar-refractivity contribution is 7.92. The molecule has 0 aromatic heterocycles. The minimum atomic E-state index is -4.12. The Labute approximate surface area is 236 Å². The summed E-state index contributed by atoms with van der Waals surface area (Å²) in [5.74, 6) is -0.539. The smallest absolute Gasteiger partial charge is 0.264 e. The van der Waals surface area contributed by atoms with Crippen molar-refractivity contribution >= 4 is 39.1 Å². The van der Waals surface area contributed by atoms with E-state index in [9.17, 15) is 18.0 Å². The number of aryl methyl sites for hydroxylation is 1. The van der Waals surface area contributed by atoms with E-state index in [0.29, 0.717) is 18.0 Å². The molecule has 1 N–H and O–H groups in total. The fraction of sp³-hybridized carbons (Fsp3) is 0.333. The van der Waals surface area contributed by atoms with E-state index >= 15 is 0 Å². The first-order chi connectivity index (χ1) is 18.5. The van der Waals surface area contributed by atoms with Gasteiger partial charge in [-0.25, -0.2) is 8.42 Å². The van der Waals surface area contributed by atoms with Gasteiger partial charge in [-0.3, -0.25) is 13.9 Å². The molecule has 0 heterocycles. The number of amides is 2. The van der Waals surface area contributed by atoms with Crippen molar-refractivity contribution in [1.82, 2.24) is 10.2 Å². The van der Waals surface area contributed by atoms with Gasteiger partial charge in [0.25, 0.3) is 10.0 Å². The lowest BCUT2D eigenvalue weighted by molar-refractivity contribution is -0.138. The van der Waals surface area contributed by atoms with E-state index in [1.165, 1.54) is 23.1 Å². The van der Waals surface area contributed by atoms with Gasteiger partial charge in [-0.15, -0.1) is 0 Å². The van der Waals surface area contributed by atoms with Gasteiger partial charge in [0.1, 0.15) is 12.6 Å². The van der Waals surface area contributed by atoms with Crippen LogP contribution in [0.5, 0.6) is 0 Å². The molecule has 0 saturated heterocycles. The van der Waals surface area contributed by atoms with Crippen molar-refractivity contribution in [2.24, 2.45) is 5.92 Å². The molecule has 3 rings (SSSR count). The fourth-order valence-electron chi connectivity index (χ4n) is 4.01. The minimum Gasteiger partial charge on any atom is -0.354 e. The van der Waals surface area contributed by atoms with Gasteiger partial charge in [0.15, 0.2) is 0 Å². The van der Waals surface area contributed by atoms with Crippen LogP contribution in [0.2, 0.25) is 5.02 Å². The largest absolute Gasteiger partial charge is 0.354 e. The maximum absolute atomic E-state index is 13.9. The number of benzene rings is 3. The molecule has 0 aliphatic heterocycles. The molecule has 0 aliphatic rings. The van der Waals surface area contributed by atoms with E-state index in [0.717, 1.165) is 15.4 Å². The third-order valence-corrected chi connectivity index (χ3v) is 8.58. The normalized spacial score (nSPS) is 12.2. The maximum Gasteiger partial charge on any atom is 0.264 e. The van der Waals surface area contributed by atoms with E-state index in [1.54, 1.807) is 37.3 Å². The summed E-state index contributed by atoms with van der Waals surface area (Å²) in [6.07, 6.45) is 0.510. The van der Waals surface area contributed by atoms with E-state index in [1.807, 2.05) is 51.1 Å². The summed E-state index contributed by atoms with van der Waals surface area (Å²) in [4.78, 5) is 28.4. The number of hydrogen-bond donors (Lipinski definition) is 1. The number of nitrogens with zero attached hydrogens (tertiary/aromatic N) is 2. The molecule has 9 heteroatoms. The van der Waals surface area contributed by atoms with Crippen LogP contribution in [0.25, 0.3) is 0 Å². The molecule has 0 saturated carbocycles. The molecule has 39 heavy (non-hydrogen) atoms. The lowest BCUT2D eigenvalue weighted by Crippen LogP contribution is -2.52. The molecule has 0 fully saturated rings. The molecule has 7 nitrogen and oxygen atoms in total. The van der Waals surface area contributed by atoms with Crippen LogP contribution < -0.4 is 9.62 Å². The van der Waals surface area contributed by atoms with Crippen LogP contribution in [-0.2, 0) is 26.0 Å². The molecule has 0 bridgehead atoms. The van der Waals surface area contributed by atoms with Crippen LogP contribution in [-0.4, -0.2) is 50.8 Å². The van der Waals surface area contributed by atoms with Crippen LogP contribution in [0.4, 0.5) is 5.69 Å². The average Bonchev–Trinajstić information content (AvgIpc) is 2.92. The molecular weight excluding hydrogens is 534 g/mol. The highest BCUT2D eigenvalue weighted by atomic mass is 35.5. The van der Waals surface area contributed by atoms with Gasteiger partial charge in [0.2, 0.25) is 11.8 Å². The highest BCUT2D eigenvalue weighted by Crippen LogP contribution is 2.28. The lowest BCUT2D eigenvalue weighted by atomic mass is 10.1. The Morgan fingerprint density at radius 2 is 1.54 bits per heavy atom. The van der Waals surface area contributed by atoms with Gasteiger partial charge in [0, 0.05) is 18.1 Å². The zero-order valence-corrected chi connectivity index (χ0v) is 24.4. The third-order valence-electron chi connectivity index (χ3n) is 6.39. The molecule has 0 spiro atoms. The van der Waals surface area contributed by atoms with Gasteiger partial charge >= 0.3 is 0 Å². The van der Waals surface area contributed by atoms with Gasteiger partial charge in [-0.2, -0.15) is 0 Å². The van der Waals surface area contributed by atoms with Crippen LogP contribution in [0, 0.1) is 12.8 Å². The molecule has 1 atom stereocenters. The Kier molecular flexibility index (Phi) is 10.5. The first-order valence-corrected chi connectivity index (χ1v) is 14.8. The predicted octanol–water partition coefficient (Wildman–Crippen LogP) is 5.08. The molecule has 0 aliphatic carbocycles. The van der Waals surface area contributed by atoms with Gasteiger partial charge in [0.05, 0.1) is 10.6 Å². The summed E-state index contributed by atoms with van der Waals surface area (Å²) in [5.41, 5.74) is 2.05. The number of carbonyl (C=O) groups excluding carboxylic acids is 2. The predicted molar refractivity (Wildman–Crippen MR) is 156 cm³/mol. The number of rotatable bonds is 12. The van der Waals surface area contributed by atoms with Crippen LogP contribution in [0.15, 0.2) is 83.8 Å². The zero-order valence-electron chi connectivity index (χ0n) is 22.8. The Hall–Kier alpha value is -3.36. The summed E-state index contributed by atoms with van der Waals surface area (Å²) in [6, 6.07) is 21.7. The summed E-state index contributed by atoms with van der Waals surface area (Å²) in [6.45, 7) is 7.68. The van der Waals surface area contributed by atoms with Crippen molar-refractivity contribution in [2.75, 3.05) is 23.9 Å². The number of carbonyl (C=O) groups is 2. The molecule has 3 aromatic carbocycles. The first kappa shape index (κ1) is 30.2. The standard InChI is InChI=1S/C30H36ClN3O4S/c1-22(2)20-32-30(36)24(4)33(18-17-25-11-7-5-8-12-25)29(35)21-34(26-16-15-23(3)28(31)19-26)39(37,38)27-13-9-6-10-14-27/h5-16,19,22,24H,17-18,20-21H2,1-4H3,(H,32,36)/t24-/m1/s1.